The summed E-state index contributed by atoms with van der Waals surface area (Å²) in [7, 11) is 0. The minimum absolute atomic E-state index is 0.107. The van der Waals surface area contributed by atoms with Gasteiger partial charge in [-0.15, -0.1) is 0 Å². The van der Waals surface area contributed by atoms with Crippen LogP contribution in [0.15, 0.2) is 30.3 Å². The second kappa shape index (κ2) is 5.65. The number of alkyl halides is 2. The number of nitrogens with one attached hydrogen (secondary N) is 1. The van der Waals surface area contributed by atoms with Crippen LogP contribution in [0.3, 0.4) is 0 Å². The number of nitrogens with two attached hydrogens (primary N) is 1. The lowest BCUT2D eigenvalue weighted by atomic mass is 10.0. The van der Waals surface area contributed by atoms with Crippen LogP contribution in [0.25, 0.3) is 0 Å². The van der Waals surface area contributed by atoms with Crippen molar-refractivity contribution in [3.8, 4) is 0 Å². The van der Waals surface area contributed by atoms with Crippen molar-refractivity contribution in [2.45, 2.75) is 31.2 Å². The summed E-state index contributed by atoms with van der Waals surface area (Å²) in [6.45, 7) is 0.419. The van der Waals surface area contributed by atoms with Crippen molar-refractivity contribution in [3.05, 3.63) is 35.9 Å². The van der Waals surface area contributed by atoms with Crippen LogP contribution in [0, 0.1) is 5.92 Å². The van der Waals surface area contributed by atoms with Crippen molar-refractivity contribution in [1.82, 2.24) is 5.32 Å². The van der Waals surface area contributed by atoms with E-state index in [9.17, 15) is 13.6 Å². The molecule has 0 saturated heterocycles. The normalized spacial score (nSPS) is 23.3. The highest BCUT2D eigenvalue weighted by molar-refractivity contribution is 5.85. The van der Waals surface area contributed by atoms with Gasteiger partial charge in [0.05, 0.1) is 0 Å². The molecule has 2 atom stereocenters. The standard InChI is InChI=1S/C14H18F2N2O/c15-14(16,11-6-2-1-3-7-11)13(19)18-12-8-4-5-10(12)9-17/h1-3,6-7,10,12H,4-5,8-9,17H2,(H,18,19). The number of hydrogen-bond acceptors (Lipinski definition) is 2. The van der Waals surface area contributed by atoms with E-state index < -0.39 is 11.8 Å². The van der Waals surface area contributed by atoms with Crippen molar-refractivity contribution in [1.29, 1.82) is 0 Å². The zero-order chi connectivity index (χ0) is 13.9. The summed E-state index contributed by atoms with van der Waals surface area (Å²) in [4.78, 5) is 11.8. The van der Waals surface area contributed by atoms with E-state index in [1.807, 2.05) is 0 Å². The molecule has 1 aromatic rings. The Morgan fingerprint density at radius 3 is 2.63 bits per heavy atom. The van der Waals surface area contributed by atoms with Crippen molar-refractivity contribution in [3.63, 3.8) is 0 Å². The molecule has 1 amide bonds. The van der Waals surface area contributed by atoms with E-state index in [0.717, 1.165) is 19.3 Å². The van der Waals surface area contributed by atoms with Gasteiger partial charge in [0, 0.05) is 11.6 Å². The first-order chi connectivity index (χ1) is 9.05. The van der Waals surface area contributed by atoms with Gasteiger partial charge in [0.25, 0.3) is 5.91 Å². The molecule has 1 aliphatic carbocycles. The molecule has 0 aromatic heterocycles. The third-order valence-electron chi connectivity index (χ3n) is 3.70. The Morgan fingerprint density at radius 1 is 1.32 bits per heavy atom. The van der Waals surface area contributed by atoms with E-state index in [4.69, 9.17) is 5.73 Å². The lowest BCUT2D eigenvalue weighted by molar-refractivity contribution is -0.148. The average Bonchev–Trinajstić information content (AvgIpc) is 2.87. The van der Waals surface area contributed by atoms with Gasteiger partial charge in [0.2, 0.25) is 0 Å². The van der Waals surface area contributed by atoms with Crippen LogP contribution in [-0.2, 0) is 10.7 Å². The molecule has 0 aliphatic heterocycles. The summed E-state index contributed by atoms with van der Waals surface area (Å²) in [5, 5.41) is 2.45. The zero-order valence-corrected chi connectivity index (χ0v) is 10.6. The number of halogens is 2. The Labute approximate surface area is 111 Å². The highest BCUT2D eigenvalue weighted by atomic mass is 19.3. The molecular formula is C14H18F2N2O. The molecule has 0 spiro atoms. The van der Waals surface area contributed by atoms with Gasteiger partial charge < -0.3 is 11.1 Å². The molecular weight excluding hydrogens is 250 g/mol. The summed E-state index contributed by atoms with van der Waals surface area (Å²) < 4.78 is 28.0. The van der Waals surface area contributed by atoms with E-state index in [1.165, 1.54) is 24.3 Å². The summed E-state index contributed by atoms with van der Waals surface area (Å²) in [6.07, 6.45) is 2.53. The highest BCUT2D eigenvalue weighted by Gasteiger charge is 2.42. The van der Waals surface area contributed by atoms with E-state index in [2.05, 4.69) is 5.32 Å². The number of hydrogen-bond donors (Lipinski definition) is 2. The fourth-order valence-corrected chi connectivity index (χ4v) is 2.55. The lowest BCUT2D eigenvalue weighted by Gasteiger charge is -2.23. The summed E-state index contributed by atoms with van der Waals surface area (Å²) in [5.41, 5.74) is 5.30. The van der Waals surface area contributed by atoms with Crippen LogP contribution in [0.5, 0.6) is 0 Å². The number of amides is 1. The number of carbonyl (C=O) groups is 1. The zero-order valence-electron chi connectivity index (χ0n) is 10.6. The molecule has 1 aliphatic rings. The first-order valence-corrected chi connectivity index (χ1v) is 6.50. The molecule has 5 heteroatoms. The molecule has 0 heterocycles. The fourth-order valence-electron chi connectivity index (χ4n) is 2.55. The van der Waals surface area contributed by atoms with Crippen LogP contribution < -0.4 is 11.1 Å². The van der Waals surface area contributed by atoms with E-state index in [0.29, 0.717) is 6.54 Å². The van der Waals surface area contributed by atoms with Crippen LogP contribution in [0.4, 0.5) is 8.78 Å². The second-order valence-electron chi connectivity index (χ2n) is 4.95. The maximum atomic E-state index is 14.0. The summed E-state index contributed by atoms with van der Waals surface area (Å²) in [6, 6.07) is 6.92. The van der Waals surface area contributed by atoms with Gasteiger partial charge in [-0.2, -0.15) is 8.78 Å². The van der Waals surface area contributed by atoms with Gasteiger partial charge in [0.15, 0.2) is 0 Å². The predicted octanol–water partition coefficient (Wildman–Crippen LogP) is 2.02. The largest absolute Gasteiger partial charge is 0.349 e. The average molecular weight is 268 g/mol. The first kappa shape index (κ1) is 13.9. The van der Waals surface area contributed by atoms with Gasteiger partial charge in [0.1, 0.15) is 0 Å². The molecule has 3 nitrogen and oxygen atoms in total. The minimum Gasteiger partial charge on any atom is -0.347 e. The van der Waals surface area contributed by atoms with Gasteiger partial charge in [-0.3, -0.25) is 4.79 Å². The van der Waals surface area contributed by atoms with Gasteiger partial charge in [-0.25, -0.2) is 0 Å². The molecule has 19 heavy (non-hydrogen) atoms. The van der Waals surface area contributed by atoms with E-state index >= 15 is 0 Å². The Balaban J connectivity index is 2.07. The number of carbonyl (C=O) groups excluding carboxylic acids is 1. The van der Waals surface area contributed by atoms with Crippen LogP contribution in [0.2, 0.25) is 0 Å². The predicted molar refractivity (Wildman–Crippen MR) is 68.7 cm³/mol. The molecule has 1 fully saturated rings. The van der Waals surface area contributed by atoms with Crippen LogP contribution >= 0.6 is 0 Å². The third kappa shape index (κ3) is 2.92. The van der Waals surface area contributed by atoms with Crippen molar-refractivity contribution >= 4 is 5.91 Å². The molecule has 3 N–H and O–H groups in total. The maximum Gasteiger partial charge on any atom is 0.349 e. The number of rotatable bonds is 4. The van der Waals surface area contributed by atoms with E-state index in [1.54, 1.807) is 6.07 Å². The molecule has 2 unspecified atom stereocenters. The second-order valence-corrected chi connectivity index (χ2v) is 4.95. The van der Waals surface area contributed by atoms with Crippen molar-refractivity contribution < 1.29 is 13.6 Å². The highest BCUT2D eigenvalue weighted by Crippen LogP contribution is 2.30. The number of benzene rings is 1. The molecule has 1 saturated carbocycles. The third-order valence-corrected chi connectivity index (χ3v) is 3.70. The SMILES string of the molecule is NCC1CCCC1NC(=O)C(F)(F)c1ccccc1. The minimum atomic E-state index is -3.50. The Morgan fingerprint density at radius 2 is 2.00 bits per heavy atom. The summed E-state index contributed by atoms with van der Waals surface area (Å²) in [5.74, 6) is -4.62. The smallest absolute Gasteiger partial charge is 0.347 e. The Hall–Kier alpha value is -1.49. The Kier molecular flexibility index (Phi) is 4.14. The van der Waals surface area contributed by atoms with E-state index in [-0.39, 0.29) is 17.5 Å². The lowest BCUT2D eigenvalue weighted by Crippen LogP contribution is -2.46. The van der Waals surface area contributed by atoms with Crippen molar-refractivity contribution in [2.75, 3.05) is 6.54 Å². The molecule has 2 rings (SSSR count). The van der Waals surface area contributed by atoms with Gasteiger partial charge in [-0.05, 0) is 25.3 Å². The molecule has 1 aromatic carbocycles. The monoisotopic (exact) mass is 268 g/mol. The quantitative estimate of drug-likeness (QED) is 0.877. The topological polar surface area (TPSA) is 55.1 Å². The molecule has 104 valence electrons. The molecule has 0 bridgehead atoms. The van der Waals surface area contributed by atoms with Gasteiger partial charge >= 0.3 is 5.92 Å². The van der Waals surface area contributed by atoms with Crippen molar-refractivity contribution in [2.24, 2.45) is 11.7 Å². The first-order valence-electron chi connectivity index (χ1n) is 6.50. The van der Waals surface area contributed by atoms with Gasteiger partial charge in [-0.1, -0.05) is 36.8 Å². The van der Waals surface area contributed by atoms with Crippen LogP contribution in [0.1, 0.15) is 24.8 Å². The fraction of sp³-hybridized carbons (Fsp3) is 0.500. The summed E-state index contributed by atoms with van der Waals surface area (Å²) >= 11 is 0. The Bertz CT molecular complexity index is 436. The maximum absolute atomic E-state index is 14.0. The molecule has 0 radical (unpaired) electrons. The van der Waals surface area contributed by atoms with Crippen LogP contribution in [-0.4, -0.2) is 18.5 Å².